The lowest BCUT2D eigenvalue weighted by molar-refractivity contribution is -0.124. The molecule has 0 aliphatic carbocycles. The van der Waals surface area contributed by atoms with E-state index < -0.39 is 5.60 Å². The van der Waals surface area contributed by atoms with Gasteiger partial charge in [-0.2, -0.15) is 0 Å². The Morgan fingerprint density at radius 2 is 2.24 bits per heavy atom. The van der Waals surface area contributed by atoms with Gasteiger partial charge in [0.05, 0.1) is 10.3 Å². The fourth-order valence-electron chi connectivity index (χ4n) is 2.15. The quantitative estimate of drug-likeness (QED) is 0.764. The van der Waals surface area contributed by atoms with Crippen molar-refractivity contribution in [2.45, 2.75) is 37.0 Å². The Morgan fingerprint density at radius 3 is 2.71 bits per heavy atom. The summed E-state index contributed by atoms with van der Waals surface area (Å²) in [5, 5.41) is 13.0. The van der Waals surface area contributed by atoms with Gasteiger partial charge in [-0.25, -0.2) is 0 Å². The van der Waals surface area contributed by atoms with E-state index in [1.807, 2.05) is 25.9 Å². The predicted molar refractivity (Wildman–Crippen MR) is 72.3 cm³/mol. The van der Waals surface area contributed by atoms with Crippen molar-refractivity contribution >= 4 is 17.7 Å². The summed E-state index contributed by atoms with van der Waals surface area (Å²) < 4.78 is -0.297. The fourth-order valence-corrected chi connectivity index (χ4v) is 3.38. The Kier molecular flexibility index (Phi) is 4.86. The molecule has 0 aromatic heterocycles. The molecular formula is C12H24N2O2S. The molecule has 0 aromatic rings. The summed E-state index contributed by atoms with van der Waals surface area (Å²) in [4.78, 5) is 14.0. The Morgan fingerprint density at radius 1 is 1.59 bits per heavy atom. The SMILES string of the molecule is CN(C)CC(C)(O)CNC(=O)C1(C)CCCS1. The first-order valence-electron chi connectivity index (χ1n) is 6.05. The first-order chi connectivity index (χ1) is 7.75. The second kappa shape index (κ2) is 5.59. The van der Waals surface area contributed by atoms with Crippen LogP contribution in [0, 0.1) is 0 Å². The van der Waals surface area contributed by atoms with Crippen LogP contribution < -0.4 is 5.32 Å². The minimum Gasteiger partial charge on any atom is -0.387 e. The van der Waals surface area contributed by atoms with E-state index >= 15 is 0 Å². The second-order valence-electron chi connectivity index (χ2n) is 5.60. The Bertz CT molecular complexity index is 274. The van der Waals surface area contributed by atoms with Crippen LogP contribution in [0.15, 0.2) is 0 Å². The van der Waals surface area contributed by atoms with Crippen molar-refractivity contribution in [3.63, 3.8) is 0 Å². The molecule has 0 radical (unpaired) electrons. The van der Waals surface area contributed by atoms with Gasteiger partial charge < -0.3 is 15.3 Å². The molecule has 1 fully saturated rings. The lowest BCUT2D eigenvalue weighted by Crippen LogP contribution is -2.50. The van der Waals surface area contributed by atoms with Crippen molar-refractivity contribution in [3.8, 4) is 0 Å². The van der Waals surface area contributed by atoms with Crippen LogP contribution in [-0.2, 0) is 4.79 Å². The number of aliphatic hydroxyl groups is 1. The molecule has 1 heterocycles. The van der Waals surface area contributed by atoms with Crippen LogP contribution in [0.4, 0.5) is 0 Å². The summed E-state index contributed by atoms with van der Waals surface area (Å²) in [6.07, 6.45) is 2.03. The van der Waals surface area contributed by atoms with Crippen LogP contribution in [-0.4, -0.2) is 59.2 Å². The summed E-state index contributed by atoms with van der Waals surface area (Å²) in [5.74, 6) is 1.11. The molecule has 17 heavy (non-hydrogen) atoms. The molecule has 2 atom stereocenters. The number of nitrogens with one attached hydrogen (secondary N) is 1. The zero-order valence-corrected chi connectivity index (χ0v) is 12.1. The third kappa shape index (κ3) is 4.48. The minimum atomic E-state index is -0.876. The molecule has 1 rings (SSSR count). The normalized spacial score (nSPS) is 28.1. The van der Waals surface area contributed by atoms with Crippen molar-refractivity contribution in [2.24, 2.45) is 0 Å². The van der Waals surface area contributed by atoms with Gasteiger partial charge in [0, 0.05) is 13.1 Å². The number of carbonyl (C=O) groups excluding carboxylic acids is 1. The number of hydrogen-bond acceptors (Lipinski definition) is 4. The van der Waals surface area contributed by atoms with Crippen molar-refractivity contribution in [1.29, 1.82) is 0 Å². The molecule has 2 N–H and O–H groups in total. The molecule has 0 spiro atoms. The summed E-state index contributed by atoms with van der Waals surface area (Å²) in [5.41, 5.74) is -0.876. The highest BCUT2D eigenvalue weighted by Crippen LogP contribution is 2.37. The van der Waals surface area contributed by atoms with Crippen LogP contribution in [0.5, 0.6) is 0 Å². The summed E-state index contributed by atoms with van der Waals surface area (Å²) in [6, 6.07) is 0. The largest absolute Gasteiger partial charge is 0.387 e. The van der Waals surface area contributed by atoms with E-state index in [4.69, 9.17) is 0 Å². The third-order valence-electron chi connectivity index (χ3n) is 2.99. The number of nitrogens with zero attached hydrogens (tertiary/aromatic N) is 1. The number of thioether (sulfide) groups is 1. The molecule has 1 aliphatic heterocycles. The molecule has 0 saturated carbocycles. The van der Waals surface area contributed by atoms with E-state index in [9.17, 15) is 9.90 Å². The van der Waals surface area contributed by atoms with E-state index in [2.05, 4.69) is 5.32 Å². The van der Waals surface area contributed by atoms with Crippen molar-refractivity contribution in [2.75, 3.05) is 32.9 Å². The van der Waals surface area contributed by atoms with Gasteiger partial charge in [-0.3, -0.25) is 4.79 Å². The van der Waals surface area contributed by atoms with Gasteiger partial charge in [0.15, 0.2) is 0 Å². The number of carbonyl (C=O) groups is 1. The van der Waals surface area contributed by atoms with Gasteiger partial charge in [0.2, 0.25) is 5.91 Å². The topological polar surface area (TPSA) is 52.6 Å². The van der Waals surface area contributed by atoms with E-state index in [1.165, 1.54) is 0 Å². The third-order valence-corrected chi connectivity index (χ3v) is 4.51. The zero-order valence-electron chi connectivity index (χ0n) is 11.2. The highest BCUT2D eigenvalue weighted by molar-refractivity contribution is 8.01. The average molecular weight is 260 g/mol. The molecule has 4 nitrogen and oxygen atoms in total. The van der Waals surface area contributed by atoms with Crippen molar-refractivity contribution < 1.29 is 9.90 Å². The van der Waals surface area contributed by atoms with Gasteiger partial charge in [-0.05, 0) is 46.5 Å². The van der Waals surface area contributed by atoms with Crippen molar-refractivity contribution in [3.05, 3.63) is 0 Å². The molecule has 0 bridgehead atoms. The van der Waals surface area contributed by atoms with Crippen LogP contribution in [0.3, 0.4) is 0 Å². The highest BCUT2D eigenvalue weighted by Gasteiger charge is 2.37. The first-order valence-corrected chi connectivity index (χ1v) is 7.03. The number of amides is 1. The van der Waals surface area contributed by atoms with Crippen LogP contribution in [0.1, 0.15) is 26.7 Å². The summed E-state index contributed by atoms with van der Waals surface area (Å²) in [7, 11) is 3.81. The molecule has 100 valence electrons. The maximum absolute atomic E-state index is 12.0. The van der Waals surface area contributed by atoms with E-state index in [0.717, 1.165) is 18.6 Å². The van der Waals surface area contributed by atoms with E-state index in [1.54, 1.807) is 18.7 Å². The predicted octanol–water partition coefficient (Wildman–Crippen LogP) is 0.701. The Hall–Kier alpha value is -0.260. The Balaban J connectivity index is 2.42. The monoisotopic (exact) mass is 260 g/mol. The molecular weight excluding hydrogens is 236 g/mol. The zero-order chi connectivity index (χ0) is 13.1. The van der Waals surface area contributed by atoms with Gasteiger partial charge in [0.1, 0.15) is 0 Å². The van der Waals surface area contributed by atoms with Crippen LogP contribution >= 0.6 is 11.8 Å². The highest BCUT2D eigenvalue weighted by atomic mass is 32.2. The second-order valence-corrected chi connectivity index (χ2v) is 7.20. The van der Waals surface area contributed by atoms with Gasteiger partial charge in [-0.15, -0.1) is 11.8 Å². The number of hydrogen-bond donors (Lipinski definition) is 2. The van der Waals surface area contributed by atoms with Crippen LogP contribution in [0.2, 0.25) is 0 Å². The average Bonchev–Trinajstić information content (AvgIpc) is 2.61. The number of rotatable bonds is 5. The summed E-state index contributed by atoms with van der Waals surface area (Å²) >= 11 is 1.71. The van der Waals surface area contributed by atoms with Crippen LogP contribution in [0.25, 0.3) is 0 Å². The van der Waals surface area contributed by atoms with E-state index in [0.29, 0.717) is 13.1 Å². The maximum atomic E-state index is 12.0. The van der Waals surface area contributed by atoms with E-state index in [-0.39, 0.29) is 10.7 Å². The minimum absolute atomic E-state index is 0.0547. The molecule has 5 heteroatoms. The van der Waals surface area contributed by atoms with Crippen molar-refractivity contribution in [1.82, 2.24) is 10.2 Å². The molecule has 1 amide bonds. The fraction of sp³-hybridized carbons (Fsp3) is 0.917. The lowest BCUT2D eigenvalue weighted by atomic mass is 10.0. The van der Waals surface area contributed by atoms with Gasteiger partial charge in [0.25, 0.3) is 0 Å². The number of likely N-dealkylation sites (N-methyl/N-ethyl adjacent to an activating group) is 1. The molecule has 1 saturated heterocycles. The van der Waals surface area contributed by atoms with Gasteiger partial charge in [-0.1, -0.05) is 0 Å². The summed E-state index contributed by atoms with van der Waals surface area (Å²) in [6.45, 7) is 4.58. The Labute approximate surface area is 108 Å². The molecule has 1 aliphatic rings. The lowest BCUT2D eigenvalue weighted by Gasteiger charge is -2.29. The first kappa shape index (κ1) is 14.8. The smallest absolute Gasteiger partial charge is 0.236 e. The standard InChI is InChI=1S/C12H24N2O2S/c1-11(16,9-14(3)4)8-13-10(15)12(2)6-5-7-17-12/h16H,5-9H2,1-4H3,(H,13,15). The van der Waals surface area contributed by atoms with Gasteiger partial charge >= 0.3 is 0 Å². The maximum Gasteiger partial charge on any atom is 0.236 e. The molecule has 2 unspecified atom stereocenters. The molecule has 0 aromatic carbocycles.